The van der Waals surface area contributed by atoms with Crippen LogP contribution < -0.4 is 5.32 Å². The van der Waals surface area contributed by atoms with Gasteiger partial charge in [-0.15, -0.1) is 0 Å². The van der Waals surface area contributed by atoms with Gasteiger partial charge in [-0.05, 0) is 30.7 Å². The van der Waals surface area contributed by atoms with E-state index in [1.54, 1.807) is 0 Å². The molecule has 0 aromatic heterocycles. The van der Waals surface area contributed by atoms with Crippen molar-refractivity contribution in [2.24, 2.45) is 0 Å². The van der Waals surface area contributed by atoms with Crippen molar-refractivity contribution in [2.45, 2.75) is 29.8 Å². The fourth-order valence-electron chi connectivity index (χ4n) is 2.37. The van der Waals surface area contributed by atoms with E-state index < -0.39 is 38.3 Å². The van der Waals surface area contributed by atoms with Crippen molar-refractivity contribution < 1.29 is 30.4 Å². The lowest BCUT2D eigenvalue weighted by molar-refractivity contribution is -0.138. The zero-order valence-corrected chi connectivity index (χ0v) is 13.7. The van der Waals surface area contributed by atoms with Gasteiger partial charge in [0, 0.05) is 6.04 Å². The maximum atomic E-state index is 13.1. The van der Waals surface area contributed by atoms with E-state index in [9.17, 15) is 30.4 Å². The number of rotatable bonds is 5. The molecule has 0 spiro atoms. The van der Waals surface area contributed by atoms with E-state index in [0.29, 0.717) is 0 Å². The Hall–Kier alpha value is -2.16. The first kappa shape index (κ1) is 19.2. The second-order valence-electron chi connectivity index (χ2n) is 5.25. The van der Waals surface area contributed by atoms with Gasteiger partial charge in [-0.1, -0.05) is 30.3 Å². The van der Waals surface area contributed by atoms with Crippen molar-refractivity contribution in [1.29, 1.82) is 0 Å². The summed E-state index contributed by atoms with van der Waals surface area (Å²) in [6, 6.07) is 8.67. The molecule has 0 saturated heterocycles. The molecule has 25 heavy (non-hydrogen) atoms. The van der Waals surface area contributed by atoms with Crippen LogP contribution in [0.2, 0.25) is 0 Å². The Morgan fingerprint density at radius 3 is 2.12 bits per heavy atom. The van der Waals surface area contributed by atoms with Crippen LogP contribution in [-0.2, 0) is 16.0 Å². The third-order valence-electron chi connectivity index (χ3n) is 3.53. The summed E-state index contributed by atoms with van der Waals surface area (Å²) < 4.78 is 88.3. The molecule has 2 aromatic carbocycles. The van der Waals surface area contributed by atoms with E-state index in [1.807, 2.05) is 0 Å². The largest absolute Gasteiger partial charge is 0.416 e. The molecule has 2 aromatic rings. The molecular weight excluding hydrogens is 365 g/mol. The Kier molecular flexibility index (Phi) is 5.36. The maximum Gasteiger partial charge on any atom is 0.416 e. The van der Waals surface area contributed by atoms with Crippen LogP contribution in [0.3, 0.4) is 0 Å². The van der Waals surface area contributed by atoms with E-state index in [2.05, 4.69) is 5.32 Å². The van der Waals surface area contributed by atoms with E-state index >= 15 is 0 Å². The molecule has 0 aliphatic heterocycles. The van der Waals surface area contributed by atoms with E-state index in [4.69, 9.17) is 0 Å². The molecule has 0 aliphatic carbocycles. The molecule has 0 heterocycles. The van der Waals surface area contributed by atoms with Gasteiger partial charge in [0.1, 0.15) is 0 Å². The van der Waals surface area contributed by atoms with E-state index in [0.717, 1.165) is 12.1 Å². The molecule has 0 saturated carbocycles. The minimum Gasteiger partial charge on any atom is -0.377 e. The van der Waals surface area contributed by atoms with Gasteiger partial charge in [0.15, 0.2) is 0 Å². The second-order valence-corrected chi connectivity index (χ2v) is 7.14. The number of hydrogen-bond acceptors (Lipinski definition) is 3. The molecule has 9 heteroatoms. The first-order valence-corrected chi connectivity index (χ1v) is 8.63. The summed E-state index contributed by atoms with van der Waals surface area (Å²) in [6.45, 7) is 1.39. The van der Waals surface area contributed by atoms with Crippen LogP contribution in [0.4, 0.5) is 27.6 Å². The predicted molar refractivity (Wildman–Crippen MR) is 83.1 cm³/mol. The van der Waals surface area contributed by atoms with Gasteiger partial charge in [-0.3, -0.25) is 0 Å². The number of nitrogens with one attached hydrogen (secondary N) is 1. The Morgan fingerprint density at radius 2 is 1.52 bits per heavy atom. The van der Waals surface area contributed by atoms with Crippen LogP contribution in [0.1, 0.15) is 24.1 Å². The SMILES string of the molecule is CC(Nc1ccccc1S(=O)(=O)C(F)F)c1ccccc1C(F)(F)F. The number of benzene rings is 2. The van der Waals surface area contributed by atoms with Crippen molar-refractivity contribution in [3.63, 3.8) is 0 Å². The predicted octanol–water partition coefficient (Wildman–Crippen LogP) is 4.87. The molecule has 0 fully saturated rings. The average Bonchev–Trinajstić information content (AvgIpc) is 2.54. The van der Waals surface area contributed by atoms with Crippen LogP contribution in [-0.4, -0.2) is 14.2 Å². The first-order valence-electron chi connectivity index (χ1n) is 7.09. The molecule has 136 valence electrons. The number of alkyl halides is 5. The standard InChI is InChI=1S/C16H14F5NO2S/c1-10(11-6-2-3-7-12(11)16(19,20)21)22-13-8-4-5-9-14(13)25(23,24)15(17)18/h2-10,15,22H,1H3. The van der Waals surface area contributed by atoms with E-state index in [1.165, 1.54) is 43.3 Å². The molecule has 3 nitrogen and oxygen atoms in total. The average molecular weight is 379 g/mol. The fourth-order valence-corrected chi connectivity index (χ4v) is 3.27. The van der Waals surface area contributed by atoms with Gasteiger partial charge in [0.2, 0.25) is 9.84 Å². The van der Waals surface area contributed by atoms with Crippen LogP contribution >= 0.6 is 0 Å². The minimum atomic E-state index is -4.89. The highest BCUT2D eigenvalue weighted by Gasteiger charge is 2.35. The highest BCUT2D eigenvalue weighted by molar-refractivity contribution is 7.91. The summed E-state index contributed by atoms with van der Waals surface area (Å²) in [6.07, 6.45) is -4.60. The molecule has 0 amide bonds. The van der Waals surface area contributed by atoms with Gasteiger partial charge in [0.25, 0.3) is 0 Å². The van der Waals surface area contributed by atoms with Crippen molar-refractivity contribution in [1.82, 2.24) is 0 Å². The molecular formula is C16H14F5NO2S. The lowest BCUT2D eigenvalue weighted by Gasteiger charge is -2.21. The minimum absolute atomic E-state index is 0.126. The molecule has 1 atom stereocenters. The van der Waals surface area contributed by atoms with Crippen LogP contribution in [0, 0.1) is 0 Å². The molecule has 0 radical (unpaired) electrons. The molecule has 0 aliphatic rings. The molecule has 1 N–H and O–H groups in total. The van der Waals surface area contributed by atoms with Gasteiger partial charge in [-0.2, -0.15) is 22.0 Å². The summed E-state index contributed by atoms with van der Waals surface area (Å²) >= 11 is 0. The van der Waals surface area contributed by atoms with Crippen LogP contribution in [0.15, 0.2) is 53.4 Å². The van der Waals surface area contributed by atoms with Crippen molar-refractivity contribution in [3.8, 4) is 0 Å². The van der Waals surface area contributed by atoms with Gasteiger partial charge in [0.05, 0.1) is 16.1 Å². The molecule has 0 bridgehead atoms. The Morgan fingerprint density at radius 1 is 0.960 bits per heavy atom. The summed E-state index contributed by atoms with van der Waals surface area (Å²) in [5.41, 5.74) is -1.20. The van der Waals surface area contributed by atoms with Gasteiger partial charge in [-0.25, -0.2) is 8.42 Å². The Bertz CT molecular complexity index is 850. The van der Waals surface area contributed by atoms with Crippen molar-refractivity contribution in [3.05, 3.63) is 59.7 Å². The topological polar surface area (TPSA) is 46.2 Å². The molecule has 1 unspecified atom stereocenters. The zero-order chi connectivity index (χ0) is 18.8. The lowest BCUT2D eigenvalue weighted by atomic mass is 10.0. The summed E-state index contributed by atoms with van der Waals surface area (Å²) in [5, 5.41) is 2.59. The summed E-state index contributed by atoms with van der Waals surface area (Å²) in [4.78, 5) is -0.665. The van der Waals surface area contributed by atoms with E-state index in [-0.39, 0.29) is 11.3 Å². The maximum absolute atomic E-state index is 13.1. The summed E-state index contributed by atoms with van der Waals surface area (Å²) in [7, 11) is -4.89. The van der Waals surface area contributed by atoms with Gasteiger partial charge >= 0.3 is 11.9 Å². The Balaban J connectivity index is 2.43. The summed E-state index contributed by atoms with van der Waals surface area (Å²) in [5.74, 6) is -3.63. The quantitative estimate of drug-likeness (QED) is 0.754. The highest BCUT2D eigenvalue weighted by Crippen LogP contribution is 2.36. The number of hydrogen-bond donors (Lipinski definition) is 1. The lowest BCUT2D eigenvalue weighted by Crippen LogP contribution is -2.18. The van der Waals surface area contributed by atoms with Crippen molar-refractivity contribution in [2.75, 3.05) is 5.32 Å². The fraction of sp³-hybridized carbons (Fsp3) is 0.250. The second kappa shape index (κ2) is 6.99. The number of halogens is 5. The van der Waals surface area contributed by atoms with Crippen molar-refractivity contribution >= 4 is 15.5 Å². The van der Waals surface area contributed by atoms with Crippen LogP contribution in [0.25, 0.3) is 0 Å². The first-order chi connectivity index (χ1) is 11.5. The third kappa shape index (κ3) is 4.09. The Labute approximate surface area is 141 Å². The number of sulfone groups is 1. The van der Waals surface area contributed by atoms with Crippen LogP contribution in [0.5, 0.6) is 0 Å². The number of anilines is 1. The normalized spacial score (nSPS) is 13.7. The highest BCUT2D eigenvalue weighted by atomic mass is 32.2. The smallest absolute Gasteiger partial charge is 0.377 e. The number of para-hydroxylation sites is 1. The molecule has 2 rings (SSSR count). The van der Waals surface area contributed by atoms with Gasteiger partial charge < -0.3 is 5.32 Å². The monoisotopic (exact) mass is 379 g/mol. The third-order valence-corrected chi connectivity index (χ3v) is 4.97. The zero-order valence-electron chi connectivity index (χ0n) is 12.9.